The standard InChI is InChI=1S/C19H20FN3O4/c1-12-10-22(11-18(27-12)13-3-6-15(20)7-4-13)16-8-5-14(19(24)21-2)9-17(16)23(25)26/h3-9,12,18H,10-11H2,1-2H3,(H,21,24). The molecule has 0 spiro atoms. The molecular weight excluding hydrogens is 353 g/mol. The van der Waals surface area contributed by atoms with E-state index in [-0.39, 0.29) is 35.2 Å². The number of morpholine rings is 1. The van der Waals surface area contributed by atoms with Gasteiger partial charge in [-0.25, -0.2) is 4.39 Å². The summed E-state index contributed by atoms with van der Waals surface area (Å²) in [6, 6.07) is 10.5. The molecule has 0 aliphatic carbocycles. The van der Waals surface area contributed by atoms with Gasteiger partial charge in [-0.2, -0.15) is 0 Å². The minimum absolute atomic E-state index is 0.136. The van der Waals surface area contributed by atoms with Crippen molar-refractivity contribution in [2.45, 2.75) is 19.1 Å². The van der Waals surface area contributed by atoms with Gasteiger partial charge in [0, 0.05) is 31.8 Å². The summed E-state index contributed by atoms with van der Waals surface area (Å²) in [5.74, 6) is -0.718. The van der Waals surface area contributed by atoms with E-state index < -0.39 is 4.92 Å². The number of halogens is 1. The highest BCUT2D eigenvalue weighted by atomic mass is 19.1. The van der Waals surface area contributed by atoms with Crippen LogP contribution in [0.5, 0.6) is 0 Å². The van der Waals surface area contributed by atoms with Crippen molar-refractivity contribution in [3.8, 4) is 0 Å². The Kier molecular flexibility index (Phi) is 5.36. The lowest BCUT2D eigenvalue weighted by Crippen LogP contribution is -2.43. The first kappa shape index (κ1) is 18.8. The molecule has 1 heterocycles. The second kappa shape index (κ2) is 7.71. The fourth-order valence-electron chi connectivity index (χ4n) is 3.23. The average Bonchev–Trinajstić information content (AvgIpc) is 2.66. The molecule has 142 valence electrons. The van der Waals surface area contributed by atoms with E-state index in [4.69, 9.17) is 4.74 Å². The second-order valence-electron chi connectivity index (χ2n) is 6.43. The molecule has 2 aromatic rings. The van der Waals surface area contributed by atoms with Crippen LogP contribution in [0.4, 0.5) is 15.8 Å². The molecule has 0 saturated carbocycles. The van der Waals surface area contributed by atoms with Crippen molar-refractivity contribution in [3.63, 3.8) is 0 Å². The third-order valence-electron chi connectivity index (χ3n) is 4.50. The maximum absolute atomic E-state index is 13.2. The van der Waals surface area contributed by atoms with Crippen LogP contribution in [0.2, 0.25) is 0 Å². The Labute approximate surface area is 155 Å². The molecule has 1 aliphatic rings. The van der Waals surface area contributed by atoms with E-state index in [1.165, 1.54) is 25.2 Å². The molecule has 1 N–H and O–H groups in total. The molecular formula is C19H20FN3O4. The Hall–Kier alpha value is -3.00. The maximum Gasteiger partial charge on any atom is 0.293 e. The molecule has 0 aromatic heterocycles. The van der Waals surface area contributed by atoms with Crippen molar-refractivity contribution < 1.29 is 18.8 Å². The van der Waals surface area contributed by atoms with Gasteiger partial charge in [0.1, 0.15) is 17.6 Å². The Morgan fingerprint density at radius 2 is 1.96 bits per heavy atom. The first-order chi connectivity index (χ1) is 12.9. The minimum Gasteiger partial charge on any atom is -0.367 e. The number of nitrogens with one attached hydrogen (secondary N) is 1. The highest BCUT2D eigenvalue weighted by Crippen LogP contribution is 2.34. The highest BCUT2D eigenvalue weighted by molar-refractivity contribution is 5.95. The van der Waals surface area contributed by atoms with Gasteiger partial charge in [0.05, 0.1) is 11.0 Å². The van der Waals surface area contributed by atoms with Crippen molar-refractivity contribution in [1.82, 2.24) is 5.32 Å². The van der Waals surface area contributed by atoms with Crippen LogP contribution >= 0.6 is 0 Å². The van der Waals surface area contributed by atoms with Gasteiger partial charge >= 0.3 is 0 Å². The van der Waals surface area contributed by atoms with E-state index in [2.05, 4.69) is 5.32 Å². The molecule has 1 amide bonds. The predicted octanol–water partition coefficient (Wildman–Crippen LogP) is 3.06. The van der Waals surface area contributed by atoms with Crippen molar-refractivity contribution >= 4 is 17.3 Å². The van der Waals surface area contributed by atoms with Crippen molar-refractivity contribution in [1.29, 1.82) is 0 Å². The molecule has 1 saturated heterocycles. The predicted molar refractivity (Wildman–Crippen MR) is 98.4 cm³/mol. The number of amides is 1. The maximum atomic E-state index is 13.2. The average molecular weight is 373 g/mol. The van der Waals surface area contributed by atoms with Crippen LogP contribution in [0.25, 0.3) is 0 Å². The number of hydrogen-bond acceptors (Lipinski definition) is 5. The minimum atomic E-state index is -0.491. The largest absolute Gasteiger partial charge is 0.367 e. The van der Waals surface area contributed by atoms with Crippen LogP contribution in [0.15, 0.2) is 42.5 Å². The Morgan fingerprint density at radius 1 is 1.26 bits per heavy atom. The zero-order valence-electron chi connectivity index (χ0n) is 15.0. The smallest absolute Gasteiger partial charge is 0.293 e. The van der Waals surface area contributed by atoms with Crippen molar-refractivity contribution in [2.75, 3.05) is 25.0 Å². The Morgan fingerprint density at radius 3 is 2.59 bits per heavy atom. The number of nitro benzene ring substituents is 1. The lowest BCUT2D eigenvalue weighted by Gasteiger charge is -2.38. The fraction of sp³-hybridized carbons (Fsp3) is 0.316. The quantitative estimate of drug-likeness (QED) is 0.658. The zero-order valence-corrected chi connectivity index (χ0v) is 15.0. The first-order valence-corrected chi connectivity index (χ1v) is 8.55. The molecule has 27 heavy (non-hydrogen) atoms. The lowest BCUT2D eigenvalue weighted by molar-refractivity contribution is -0.384. The summed E-state index contributed by atoms with van der Waals surface area (Å²) in [5, 5.41) is 14.0. The summed E-state index contributed by atoms with van der Waals surface area (Å²) in [6.07, 6.45) is -0.514. The van der Waals surface area contributed by atoms with E-state index in [1.807, 2.05) is 11.8 Å². The van der Waals surface area contributed by atoms with Crippen molar-refractivity contribution in [2.24, 2.45) is 0 Å². The molecule has 0 radical (unpaired) electrons. The number of benzene rings is 2. The van der Waals surface area contributed by atoms with Gasteiger partial charge in [-0.05, 0) is 36.8 Å². The third kappa shape index (κ3) is 4.06. The fourth-order valence-corrected chi connectivity index (χ4v) is 3.23. The van der Waals surface area contributed by atoms with Gasteiger partial charge in [0.15, 0.2) is 0 Å². The van der Waals surface area contributed by atoms with Crippen LogP contribution in [0.1, 0.15) is 28.9 Å². The second-order valence-corrected chi connectivity index (χ2v) is 6.43. The van der Waals surface area contributed by atoms with E-state index in [9.17, 15) is 19.3 Å². The van der Waals surface area contributed by atoms with Crippen molar-refractivity contribution in [3.05, 3.63) is 69.5 Å². The summed E-state index contributed by atoms with van der Waals surface area (Å²) in [5.41, 5.74) is 1.32. The number of carbonyl (C=O) groups is 1. The van der Waals surface area contributed by atoms with Crippen LogP contribution < -0.4 is 10.2 Å². The van der Waals surface area contributed by atoms with Gasteiger partial charge < -0.3 is 15.0 Å². The van der Waals surface area contributed by atoms with E-state index in [1.54, 1.807) is 24.3 Å². The van der Waals surface area contributed by atoms with E-state index in [0.717, 1.165) is 5.56 Å². The SMILES string of the molecule is CNC(=O)c1ccc(N2CC(C)OC(c3ccc(F)cc3)C2)c([N+](=O)[O-])c1. The van der Waals surface area contributed by atoms with Crippen LogP contribution in [-0.4, -0.2) is 37.1 Å². The molecule has 2 unspecified atom stereocenters. The number of nitro groups is 1. The van der Waals surface area contributed by atoms with Gasteiger partial charge in [0.2, 0.25) is 0 Å². The normalized spacial score (nSPS) is 19.6. The zero-order chi connectivity index (χ0) is 19.6. The Balaban J connectivity index is 1.93. The number of ether oxygens (including phenoxy) is 1. The van der Waals surface area contributed by atoms with Gasteiger partial charge in [-0.3, -0.25) is 14.9 Å². The number of anilines is 1. The molecule has 2 aromatic carbocycles. The number of carbonyl (C=O) groups excluding carboxylic acids is 1. The summed E-state index contributed by atoms with van der Waals surface area (Å²) in [7, 11) is 1.47. The molecule has 3 rings (SSSR count). The van der Waals surface area contributed by atoms with E-state index >= 15 is 0 Å². The number of rotatable bonds is 4. The van der Waals surface area contributed by atoms with Gasteiger partial charge in [-0.15, -0.1) is 0 Å². The van der Waals surface area contributed by atoms with Crippen LogP contribution in [0.3, 0.4) is 0 Å². The molecule has 0 bridgehead atoms. The molecule has 2 atom stereocenters. The Bertz CT molecular complexity index is 857. The molecule has 1 fully saturated rings. The summed E-state index contributed by atoms with van der Waals surface area (Å²) >= 11 is 0. The number of hydrogen-bond donors (Lipinski definition) is 1. The summed E-state index contributed by atoms with van der Waals surface area (Å²) in [4.78, 5) is 24.7. The topological polar surface area (TPSA) is 84.7 Å². The van der Waals surface area contributed by atoms with Gasteiger partial charge in [0.25, 0.3) is 11.6 Å². The monoisotopic (exact) mass is 373 g/mol. The van der Waals surface area contributed by atoms with Crippen LogP contribution in [-0.2, 0) is 4.74 Å². The highest BCUT2D eigenvalue weighted by Gasteiger charge is 2.30. The molecule has 1 aliphatic heterocycles. The lowest BCUT2D eigenvalue weighted by atomic mass is 10.0. The van der Waals surface area contributed by atoms with E-state index in [0.29, 0.717) is 18.8 Å². The van der Waals surface area contributed by atoms with Crippen LogP contribution in [0, 0.1) is 15.9 Å². The summed E-state index contributed by atoms with van der Waals surface area (Å²) in [6.45, 7) is 2.74. The molecule has 7 nitrogen and oxygen atoms in total. The molecule has 8 heteroatoms. The third-order valence-corrected chi connectivity index (χ3v) is 4.50. The summed E-state index contributed by atoms with van der Waals surface area (Å²) < 4.78 is 19.1. The number of nitrogens with zero attached hydrogens (tertiary/aromatic N) is 2. The van der Waals surface area contributed by atoms with Gasteiger partial charge in [-0.1, -0.05) is 12.1 Å². The first-order valence-electron chi connectivity index (χ1n) is 8.55.